The van der Waals surface area contributed by atoms with E-state index in [1.807, 2.05) is 4.90 Å². The molecule has 0 atom stereocenters. The van der Waals surface area contributed by atoms with E-state index in [2.05, 4.69) is 16.7 Å². The number of anilines is 1. The fourth-order valence-electron chi connectivity index (χ4n) is 3.39. The molecular weight excluding hydrogens is 332 g/mol. The molecule has 2 saturated carbocycles. The van der Waals surface area contributed by atoms with Gasteiger partial charge in [-0.1, -0.05) is 6.07 Å². The highest BCUT2D eigenvalue weighted by Gasteiger charge is 2.37. The predicted molar refractivity (Wildman–Crippen MR) is 96.8 cm³/mol. The van der Waals surface area contributed by atoms with Gasteiger partial charge in [0.05, 0.1) is 18.2 Å². The fraction of sp³-hybridized carbons (Fsp3) is 0.526. The van der Waals surface area contributed by atoms with Crippen LogP contribution in [0.2, 0.25) is 0 Å². The summed E-state index contributed by atoms with van der Waals surface area (Å²) in [5, 5.41) is 23.9. The van der Waals surface area contributed by atoms with Crippen LogP contribution in [0.1, 0.15) is 36.8 Å². The first kappa shape index (κ1) is 18.2. The van der Waals surface area contributed by atoms with Gasteiger partial charge in [-0.15, -0.1) is 0 Å². The maximum atomic E-state index is 12.2. The Hall–Kier alpha value is -2.59. The molecule has 1 aromatic rings. The average Bonchev–Trinajstić information content (AvgIpc) is 3.35. The summed E-state index contributed by atoms with van der Waals surface area (Å²) in [6, 6.07) is 7.30. The van der Waals surface area contributed by atoms with Crippen molar-refractivity contribution in [3.05, 3.63) is 29.3 Å². The molecule has 3 N–H and O–H groups in total. The van der Waals surface area contributed by atoms with Gasteiger partial charge in [0.15, 0.2) is 0 Å². The Morgan fingerprint density at radius 3 is 2.69 bits per heavy atom. The molecule has 2 aliphatic carbocycles. The number of hydrogen-bond donors (Lipinski definition) is 3. The van der Waals surface area contributed by atoms with E-state index in [0.717, 1.165) is 24.9 Å². The number of hydrogen-bond acceptors (Lipinski definition) is 4. The Morgan fingerprint density at radius 2 is 2.08 bits per heavy atom. The van der Waals surface area contributed by atoms with E-state index in [1.165, 1.54) is 12.8 Å². The van der Waals surface area contributed by atoms with Crippen molar-refractivity contribution < 1.29 is 14.7 Å². The summed E-state index contributed by atoms with van der Waals surface area (Å²) >= 11 is 0. The molecule has 0 spiro atoms. The second-order valence-corrected chi connectivity index (χ2v) is 7.28. The standard InChI is InChI=1S/C19H24N4O3/c1-12-14(9-20)3-2-4-17(12)22-19(26)21-15-7-16(8-15)23(11-18(24)25)10-13-5-6-13/h2-4,13,15-16H,5-8,10-11H2,1H3,(H,24,25)(H2,21,22,26). The Kier molecular flexibility index (Phi) is 5.43. The predicted octanol–water partition coefficient (Wildman–Crippen LogP) is 2.32. The minimum absolute atomic E-state index is 0.0509. The maximum Gasteiger partial charge on any atom is 0.319 e. The zero-order valence-corrected chi connectivity index (χ0v) is 14.9. The number of aliphatic carboxylic acids is 1. The van der Waals surface area contributed by atoms with Crippen molar-refractivity contribution in [1.29, 1.82) is 5.26 Å². The van der Waals surface area contributed by atoms with Gasteiger partial charge in [0, 0.05) is 24.3 Å². The Morgan fingerprint density at radius 1 is 1.35 bits per heavy atom. The quantitative estimate of drug-likeness (QED) is 0.695. The molecule has 7 nitrogen and oxygen atoms in total. The Bertz CT molecular complexity index is 733. The third-order valence-electron chi connectivity index (χ3n) is 5.20. The van der Waals surface area contributed by atoms with Gasteiger partial charge in [-0.3, -0.25) is 9.69 Å². The van der Waals surface area contributed by atoms with E-state index in [-0.39, 0.29) is 24.7 Å². The number of benzene rings is 1. The van der Waals surface area contributed by atoms with Crippen LogP contribution in [0.4, 0.5) is 10.5 Å². The number of carbonyl (C=O) groups is 2. The normalized spacial score (nSPS) is 21.6. The monoisotopic (exact) mass is 356 g/mol. The highest BCUT2D eigenvalue weighted by Crippen LogP contribution is 2.33. The van der Waals surface area contributed by atoms with E-state index in [0.29, 0.717) is 17.2 Å². The van der Waals surface area contributed by atoms with Crippen LogP contribution in [0.25, 0.3) is 0 Å². The highest BCUT2D eigenvalue weighted by atomic mass is 16.4. The van der Waals surface area contributed by atoms with Crippen LogP contribution in [0.15, 0.2) is 18.2 Å². The number of rotatable bonds is 7. The van der Waals surface area contributed by atoms with Crippen molar-refractivity contribution in [1.82, 2.24) is 10.2 Å². The smallest absolute Gasteiger partial charge is 0.319 e. The molecule has 2 aliphatic rings. The molecule has 1 aromatic carbocycles. The van der Waals surface area contributed by atoms with Crippen LogP contribution in [-0.2, 0) is 4.79 Å². The summed E-state index contributed by atoms with van der Waals surface area (Å²) in [5.41, 5.74) is 1.91. The van der Waals surface area contributed by atoms with Crippen LogP contribution in [0.3, 0.4) is 0 Å². The van der Waals surface area contributed by atoms with Crippen LogP contribution < -0.4 is 10.6 Å². The van der Waals surface area contributed by atoms with E-state index in [9.17, 15) is 9.59 Å². The van der Waals surface area contributed by atoms with Crippen LogP contribution >= 0.6 is 0 Å². The van der Waals surface area contributed by atoms with Crippen molar-refractivity contribution in [3.8, 4) is 6.07 Å². The van der Waals surface area contributed by atoms with E-state index in [4.69, 9.17) is 10.4 Å². The molecule has 138 valence electrons. The number of amides is 2. The summed E-state index contributed by atoms with van der Waals surface area (Å²) in [5.74, 6) is -0.160. The topological polar surface area (TPSA) is 105 Å². The van der Waals surface area contributed by atoms with Crippen LogP contribution in [-0.4, -0.2) is 47.2 Å². The lowest BCUT2D eigenvalue weighted by Crippen LogP contribution is -2.55. The van der Waals surface area contributed by atoms with Gasteiger partial charge in [0.2, 0.25) is 0 Å². The molecule has 0 aromatic heterocycles. The van der Waals surface area contributed by atoms with Crippen molar-refractivity contribution in [3.63, 3.8) is 0 Å². The first-order valence-corrected chi connectivity index (χ1v) is 8.99. The highest BCUT2D eigenvalue weighted by molar-refractivity contribution is 5.90. The van der Waals surface area contributed by atoms with Gasteiger partial charge in [-0.05, 0) is 56.2 Å². The van der Waals surface area contributed by atoms with Crippen molar-refractivity contribution in [2.75, 3.05) is 18.4 Å². The maximum absolute atomic E-state index is 12.2. The summed E-state index contributed by atoms with van der Waals surface area (Å²) in [7, 11) is 0. The number of nitrogens with one attached hydrogen (secondary N) is 2. The summed E-state index contributed by atoms with van der Waals surface area (Å²) in [6.45, 7) is 2.71. The molecule has 0 heterocycles. The van der Waals surface area contributed by atoms with Crippen molar-refractivity contribution in [2.24, 2.45) is 5.92 Å². The third-order valence-corrected chi connectivity index (χ3v) is 5.20. The second kappa shape index (κ2) is 7.75. The molecule has 2 fully saturated rings. The summed E-state index contributed by atoms with van der Waals surface area (Å²) in [4.78, 5) is 25.3. The zero-order valence-electron chi connectivity index (χ0n) is 14.9. The van der Waals surface area contributed by atoms with Gasteiger partial charge < -0.3 is 15.7 Å². The first-order chi connectivity index (χ1) is 12.5. The molecule has 0 radical (unpaired) electrons. The number of nitriles is 1. The van der Waals surface area contributed by atoms with Gasteiger partial charge in [0.25, 0.3) is 0 Å². The lowest BCUT2D eigenvalue weighted by atomic mass is 9.85. The largest absolute Gasteiger partial charge is 0.480 e. The van der Waals surface area contributed by atoms with Crippen LogP contribution in [0, 0.1) is 24.2 Å². The van der Waals surface area contributed by atoms with E-state index >= 15 is 0 Å². The van der Waals surface area contributed by atoms with Crippen molar-refractivity contribution >= 4 is 17.7 Å². The van der Waals surface area contributed by atoms with Gasteiger partial charge in [-0.25, -0.2) is 4.79 Å². The fourth-order valence-corrected chi connectivity index (χ4v) is 3.39. The summed E-state index contributed by atoms with van der Waals surface area (Å²) in [6.07, 6.45) is 3.91. The van der Waals surface area contributed by atoms with Gasteiger partial charge in [-0.2, -0.15) is 5.26 Å². The second-order valence-electron chi connectivity index (χ2n) is 7.28. The number of nitrogens with zero attached hydrogens (tertiary/aromatic N) is 2. The van der Waals surface area contributed by atoms with Crippen LogP contribution in [0.5, 0.6) is 0 Å². The van der Waals surface area contributed by atoms with E-state index < -0.39 is 5.97 Å². The minimum atomic E-state index is -0.798. The first-order valence-electron chi connectivity index (χ1n) is 8.99. The average molecular weight is 356 g/mol. The number of urea groups is 1. The van der Waals surface area contributed by atoms with Gasteiger partial charge >= 0.3 is 12.0 Å². The lowest BCUT2D eigenvalue weighted by molar-refractivity contribution is -0.139. The Balaban J connectivity index is 1.48. The molecule has 2 amide bonds. The van der Waals surface area contributed by atoms with Crippen molar-refractivity contribution in [2.45, 2.75) is 44.7 Å². The minimum Gasteiger partial charge on any atom is -0.480 e. The molecule has 0 unspecified atom stereocenters. The molecule has 26 heavy (non-hydrogen) atoms. The number of carbonyl (C=O) groups excluding carboxylic acids is 1. The number of carboxylic acid groups (broad SMARTS) is 1. The summed E-state index contributed by atoms with van der Waals surface area (Å²) < 4.78 is 0. The number of carboxylic acids is 1. The SMILES string of the molecule is Cc1c(C#N)cccc1NC(=O)NC1CC(N(CC(=O)O)CC2CC2)C1. The molecule has 0 bridgehead atoms. The molecule has 0 saturated heterocycles. The Labute approximate surface area is 153 Å². The van der Waals surface area contributed by atoms with E-state index in [1.54, 1.807) is 25.1 Å². The molecular formula is C19H24N4O3. The zero-order chi connectivity index (χ0) is 18.7. The molecule has 7 heteroatoms. The lowest BCUT2D eigenvalue weighted by Gasteiger charge is -2.42. The molecule has 3 rings (SSSR count). The van der Waals surface area contributed by atoms with Gasteiger partial charge in [0.1, 0.15) is 0 Å². The molecule has 0 aliphatic heterocycles. The third kappa shape index (κ3) is 4.52.